The molecule has 1 heterocycles. The van der Waals surface area contributed by atoms with E-state index in [-0.39, 0.29) is 37.3 Å². The minimum Gasteiger partial charge on any atom is -0.469 e. The van der Waals surface area contributed by atoms with Crippen molar-refractivity contribution in [2.75, 3.05) is 33.4 Å². The second-order valence-corrected chi connectivity index (χ2v) is 5.50. The Morgan fingerprint density at radius 2 is 2.32 bits per heavy atom. The molecule has 6 heteroatoms. The van der Waals surface area contributed by atoms with E-state index in [0.29, 0.717) is 26.1 Å². The monoisotopic (exact) mass is 277 g/mol. The largest absolute Gasteiger partial charge is 0.469 e. The highest BCUT2D eigenvalue weighted by atomic mass is 19.3. The zero-order chi connectivity index (χ0) is 13.9. The molecular weight excluding hydrogens is 256 g/mol. The number of nitrogens with zero attached hydrogens (tertiary/aromatic N) is 1. The van der Waals surface area contributed by atoms with Gasteiger partial charge in [0, 0.05) is 32.5 Å². The predicted molar refractivity (Wildman–Crippen MR) is 65.1 cm³/mol. The van der Waals surface area contributed by atoms with Crippen molar-refractivity contribution in [3.63, 3.8) is 0 Å². The van der Waals surface area contributed by atoms with Crippen LogP contribution in [0.3, 0.4) is 0 Å². The molecule has 19 heavy (non-hydrogen) atoms. The van der Waals surface area contributed by atoms with Crippen LogP contribution in [0.4, 0.5) is 8.78 Å². The molecule has 0 amide bonds. The lowest BCUT2D eigenvalue weighted by Crippen LogP contribution is -2.45. The average Bonchev–Trinajstić information content (AvgIpc) is 2.69. The molecule has 2 atom stereocenters. The highest BCUT2D eigenvalue weighted by molar-refractivity contribution is 5.69. The molecule has 2 unspecified atom stereocenters. The summed E-state index contributed by atoms with van der Waals surface area (Å²) in [6.07, 6.45) is 0.641. The normalized spacial score (nSPS) is 31.3. The van der Waals surface area contributed by atoms with Gasteiger partial charge in [0.25, 0.3) is 0 Å². The fourth-order valence-corrected chi connectivity index (χ4v) is 2.90. The van der Waals surface area contributed by atoms with Gasteiger partial charge in [0.1, 0.15) is 0 Å². The standard InChI is InChI=1S/C13H21F2NO3/c1-18-12(17)6-11-9-16(4-5-19-11)8-10-2-3-13(14,15)7-10/h10-11H,2-9H2,1H3. The van der Waals surface area contributed by atoms with Crippen LogP contribution in [0.25, 0.3) is 0 Å². The topological polar surface area (TPSA) is 38.8 Å². The molecule has 0 spiro atoms. The first kappa shape index (κ1) is 14.7. The van der Waals surface area contributed by atoms with Gasteiger partial charge in [-0.2, -0.15) is 0 Å². The van der Waals surface area contributed by atoms with Gasteiger partial charge in [0.05, 0.1) is 26.2 Å². The third kappa shape index (κ3) is 4.38. The molecule has 1 saturated carbocycles. The molecule has 4 nitrogen and oxygen atoms in total. The number of carbonyl (C=O) groups excluding carboxylic acids is 1. The molecule has 110 valence electrons. The van der Waals surface area contributed by atoms with Crippen molar-refractivity contribution in [1.29, 1.82) is 0 Å². The molecule has 1 aliphatic carbocycles. The zero-order valence-electron chi connectivity index (χ0n) is 11.2. The van der Waals surface area contributed by atoms with Gasteiger partial charge >= 0.3 is 5.97 Å². The first-order valence-electron chi connectivity index (χ1n) is 6.77. The van der Waals surface area contributed by atoms with E-state index >= 15 is 0 Å². The number of ether oxygens (including phenoxy) is 2. The van der Waals surface area contributed by atoms with Crippen LogP contribution in [0.1, 0.15) is 25.7 Å². The smallest absolute Gasteiger partial charge is 0.308 e. The Morgan fingerprint density at radius 3 is 2.95 bits per heavy atom. The number of hydrogen-bond acceptors (Lipinski definition) is 4. The van der Waals surface area contributed by atoms with Crippen LogP contribution in [0.2, 0.25) is 0 Å². The van der Waals surface area contributed by atoms with Crippen molar-refractivity contribution >= 4 is 5.97 Å². The van der Waals surface area contributed by atoms with E-state index in [1.165, 1.54) is 7.11 Å². The van der Waals surface area contributed by atoms with Crippen molar-refractivity contribution in [1.82, 2.24) is 4.90 Å². The predicted octanol–water partition coefficient (Wildman–Crippen LogP) is 1.69. The van der Waals surface area contributed by atoms with Gasteiger partial charge in [-0.15, -0.1) is 0 Å². The molecule has 0 N–H and O–H groups in total. The molecule has 0 radical (unpaired) electrons. The third-order valence-electron chi connectivity index (χ3n) is 3.87. The first-order valence-corrected chi connectivity index (χ1v) is 6.77. The summed E-state index contributed by atoms with van der Waals surface area (Å²) in [6, 6.07) is 0. The van der Waals surface area contributed by atoms with Gasteiger partial charge in [0.15, 0.2) is 0 Å². The number of halogens is 2. The Bertz CT molecular complexity index is 325. The van der Waals surface area contributed by atoms with Gasteiger partial charge in [-0.1, -0.05) is 0 Å². The zero-order valence-corrected chi connectivity index (χ0v) is 11.2. The number of carbonyl (C=O) groups is 1. The van der Waals surface area contributed by atoms with Crippen molar-refractivity contribution in [3.8, 4) is 0 Å². The summed E-state index contributed by atoms with van der Waals surface area (Å²) >= 11 is 0. The summed E-state index contributed by atoms with van der Waals surface area (Å²) < 4.78 is 36.4. The lowest BCUT2D eigenvalue weighted by Gasteiger charge is -2.34. The number of morpholine rings is 1. The molecule has 2 rings (SSSR count). The lowest BCUT2D eigenvalue weighted by atomic mass is 10.1. The van der Waals surface area contributed by atoms with Crippen LogP contribution >= 0.6 is 0 Å². The molecule has 0 bridgehead atoms. The molecular formula is C13H21F2NO3. The molecule has 2 fully saturated rings. The van der Waals surface area contributed by atoms with E-state index in [1.807, 2.05) is 0 Å². The highest BCUT2D eigenvalue weighted by Gasteiger charge is 2.40. The molecule has 2 aliphatic rings. The van der Waals surface area contributed by atoms with E-state index < -0.39 is 5.92 Å². The average molecular weight is 277 g/mol. The lowest BCUT2D eigenvalue weighted by molar-refractivity contribution is -0.145. The Labute approximate surface area is 112 Å². The van der Waals surface area contributed by atoms with Gasteiger partial charge in [-0.05, 0) is 12.3 Å². The van der Waals surface area contributed by atoms with Crippen LogP contribution in [-0.4, -0.2) is 56.2 Å². The van der Waals surface area contributed by atoms with Crippen molar-refractivity contribution in [2.24, 2.45) is 5.92 Å². The number of rotatable bonds is 4. The summed E-state index contributed by atoms with van der Waals surface area (Å²) in [4.78, 5) is 13.3. The fraction of sp³-hybridized carbons (Fsp3) is 0.923. The van der Waals surface area contributed by atoms with Crippen LogP contribution < -0.4 is 0 Å². The molecule has 0 aromatic rings. The second-order valence-electron chi connectivity index (χ2n) is 5.50. The minimum absolute atomic E-state index is 0.00754. The Hall–Kier alpha value is -0.750. The molecule has 1 aliphatic heterocycles. The first-order chi connectivity index (χ1) is 8.98. The van der Waals surface area contributed by atoms with E-state index in [0.717, 1.165) is 6.54 Å². The SMILES string of the molecule is COC(=O)CC1CN(CC2CCC(F)(F)C2)CCO1. The van der Waals surface area contributed by atoms with Gasteiger partial charge in [0.2, 0.25) is 5.92 Å². The van der Waals surface area contributed by atoms with E-state index in [2.05, 4.69) is 9.64 Å². The van der Waals surface area contributed by atoms with Gasteiger partial charge in [-0.25, -0.2) is 8.78 Å². The van der Waals surface area contributed by atoms with Gasteiger partial charge < -0.3 is 9.47 Å². The second kappa shape index (κ2) is 6.13. The number of hydrogen-bond donors (Lipinski definition) is 0. The van der Waals surface area contributed by atoms with Crippen LogP contribution in [-0.2, 0) is 14.3 Å². The Balaban J connectivity index is 1.76. The van der Waals surface area contributed by atoms with E-state index in [4.69, 9.17) is 4.74 Å². The minimum atomic E-state index is -2.48. The summed E-state index contributed by atoms with van der Waals surface area (Å²) in [5.41, 5.74) is 0. The molecule has 1 saturated heterocycles. The van der Waals surface area contributed by atoms with Crippen LogP contribution in [0, 0.1) is 5.92 Å². The van der Waals surface area contributed by atoms with Crippen LogP contribution in [0.15, 0.2) is 0 Å². The van der Waals surface area contributed by atoms with Gasteiger partial charge in [-0.3, -0.25) is 9.69 Å². The molecule has 0 aromatic carbocycles. The Kier molecular flexibility index (Phi) is 4.73. The number of alkyl halides is 2. The summed E-state index contributed by atoms with van der Waals surface area (Å²) in [7, 11) is 1.35. The molecule has 0 aromatic heterocycles. The van der Waals surface area contributed by atoms with Crippen molar-refractivity contribution in [2.45, 2.75) is 37.7 Å². The maximum Gasteiger partial charge on any atom is 0.308 e. The Morgan fingerprint density at radius 1 is 1.53 bits per heavy atom. The summed E-state index contributed by atoms with van der Waals surface area (Å²) in [5, 5.41) is 0. The summed E-state index contributed by atoms with van der Waals surface area (Å²) in [5.74, 6) is -2.71. The van der Waals surface area contributed by atoms with Crippen molar-refractivity contribution < 1.29 is 23.0 Å². The highest BCUT2D eigenvalue weighted by Crippen LogP contribution is 2.39. The fourth-order valence-electron chi connectivity index (χ4n) is 2.90. The number of methoxy groups -OCH3 is 1. The van der Waals surface area contributed by atoms with Crippen LogP contribution in [0.5, 0.6) is 0 Å². The maximum absolute atomic E-state index is 13.1. The van der Waals surface area contributed by atoms with Crippen molar-refractivity contribution in [3.05, 3.63) is 0 Å². The quantitative estimate of drug-likeness (QED) is 0.733. The van der Waals surface area contributed by atoms with E-state index in [9.17, 15) is 13.6 Å². The van der Waals surface area contributed by atoms with E-state index in [1.54, 1.807) is 0 Å². The summed E-state index contributed by atoms with van der Waals surface area (Å²) in [6.45, 7) is 2.60. The maximum atomic E-state index is 13.1. The third-order valence-corrected chi connectivity index (χ3v) is 3.87. The number of esters is 1.